The second-order valence-corrected chi connectivity index (χ2v) is 6.37. The van der Waals surface area contributed by atoms with Crippen molar-refractivity contribution in [3.05, 3.63) is 76.1 Å². The molecule has 3 rings (SSSR count). The highest BCUT2D eigenvalue weighted by atomic mass is 79.9. The number of rotatable bonds is 4. The summed E-state index contributed by atoms with van der Waals surface area (Å²) in [5, 5.41) is 5.64. The molecule has 1 nitrogen and oxygen atoms in total. The SMILES string of the molecule is Brc1cccc(CNc2ccccc2-c2cccs2)c1. The zero-order valence-electron chi connectivity index (χ0n) is 10.8. The van der Waals surface area contributed by atoms with Gasteiger partial charge in [0.05, 0.1) is 0 Å². The van der Waals surface area contributed by atoms with Gasteiger partial charge in [-0.25, -0.2) is 0 Å². The van der Waals surface area contributed by atoms with Crippen molar-refractivity contribution in [1.29, 1.82) is 0 Å². The molecule has 2 aromatic carbocycles. The Bertz CT molecular complexity index is 692. The molecule has 0 unspecified atom stereocenters. The highest BCUT2D eigenvalue weighted by Crippen LogP contribution is 2.31. The Morgan fingerprint density at radius 3 is 2.65 bits per heavy atom. The second-order valence-electron chi connectivity index (χ2n) is 4.51. The van der Waals surface area contributed by atoms with Gasteiger partial charge in [0.2, 0.25) is 0 Å². The highest BCUT2D eigenvalue weighted by Gasteiger charge is 2.05. The van der Waals surface area contributed by atoms with Crippen LogP contribution < -0.4 is 5.32 Å². The van der Waals surface area contributed by atoms with E-state index < -0.39 is 0 Å². The Morgan fingerprint density at radius 2 is 1.85 bits per heavy atom. The molecule has 0 saturated heterocycles. The minimum absolute atomic E-state index is 0.821. The molecule has 0 radical (unpaired) electrons. The first-order valence-corrected chi connectivity index (χ1v) is 8.11. The third kappa shape index (κ3) is 3.11. The largest absolute Gasteiger partial charge is 0.380 e. The summed E-state index contributed by atoms with van der Waals surface area (Å²) in [5.74, 6) is 0. The Kier molecular flexibility index (Phi) is 4.19. The van der Waals surface area contributed by atoms with Crippen molar-refractivity contribution >= 4 is 33.0 Å². The fraction of sp³-hybridized carbons (Fsp3) is 0.0588. The van der Waals surface area contributed by atoms with E-state index in [2.05, 4.69) is 81.2 Å². The van der Waals surface area contributed by atoms with E-state index in [1.54, 1.807) is 11.3 Å². The lowest BCUT2D eigenvalue weighted by molar-refractivity contribution is 1.15. The third-order valence-corrected chi connectivity index (χ3v) is 4.48. The number of hydrogen-bond acceptors (Lipinski definition) is 2. The number of thiophene rings is 1. The van der Waals surface area contributed by atoms with Gasteiger partial charge in [-0.15, -0.1) is 11.3 Å². The van der Waals surface area contributed by atoms with E-state index in [1.165, 1.54) is 21.7 Å². The molecule has 100 valence electrons. The molecule has 0 atom stereocenters. The first-order chi connectivity index (χ1) is 9.83. The van der Waals surface area contributed by atoms with Gasteiger partial charge in [-0.1, -0.05) is 52.3 Å². The fourth-order valence-corrected chi connectivity index (χ4v) is 3.34. The zero-order chi connectivity index (χ0) is 13.8. The van der Waals surface area contributed by atoms with E-state index in [0.717, 1.165) is 11.0 Å². The molecule has 3 heteroatoms. The Labute approximate surface area is 131 Å². The molecule has 0 aliphatic rings. The summed E-state index contributed by atoms with van der Waals surface area (Å²) in [6, 6.07) is 21.1. The highest BCUT2D eigenvalue weighted by molar-refractivity contribution is 9.10. The van der Waals surface area contributed by atoms with Crippen molar-refractivity contribution in [2.24, 2.45) is 0 Å². The lowest BCUT2D eigenvalue weighted by Gasteiger charge is -2.11. The first kappa shape index (κ1) is 13.4. The van der Waals surface area contributed by atoms with Crippen molar-refractivity contribution in [2.45, 2.75) is 6.54 Å². The normalized spacial score (nSPS) is 10.4. The molecule has 3 aromatic rings. The molecule has 0 fully saturated rings. The minimum atomic E-state index is 0.821. The molecule has 1 heterocycles. The average Bonchev–Trinajstić information content (AvgIpc) is 3.00. The lowest BCUT2D eigenvalue weighted by Crippen LogP contribution is -2.00. The summed E-state index contributed by atoms with van der Waals surface area (Å²) in [6.45, 7) is 0.821. The molecule has 0 amide bonds. The minimum Gasteiger partial charge on any atom is -0.380 e. The van der Waals surface area contributed by atoms with Crippen LogP contribution in [-0.2, 0) is 6.54 Å². The van der Waals surface area contributed by atoms with Gasteiger partial charge < -0.3 is 5.32 Å². The van der Waals surface area contributed by atoms with Crippen LogP contribution in [-0.4, -0.2) is 0 Å². The van der Waals surface area contributed by atoms with E-state index in [9.17, 15) is 0 Å². The first-order valence-electron chi connectivity index (χ1n) is 6.44. The summed E-state index contributed by atoms with van der Waals surface area (Å²) in [6.07, 6.45) is 0. The standard InChI is InChI=1S/C17H14BrNS/c18-14-6-3-5-13(11-14)12-19-16-8-2-1-7-15(16)17-9-4-10-20-17/h1-11,19H,12H2. The van der Waals surface area contributed by atoms with Crippen LogP contribution in [0.15, 0.2) is 70.5 Å². The number of hydrogen-bond donors (Lipinski definition) is 1. The smallest absolute Gasteiger partial charge is 0.0430 e. The number of anilines is 1. The van der Waals surface area contributed by atoms with Crippen LogP contribution in [0, 0.1) is 0 Å². The van der Waals surface area contributed by atoms with Crippen molar-refractivity contribution in [2.75, 3.05) is 5.32 Å². The van der Waals surface area contributed by atoms with E-state index in [1.807, 2.05) is 6.07 Å². The molecule has 1 aromatic heterocycles. The van der Waals surface area contributed by atoms with Gasteiger partial charge in [-0.3, -0.25) is 0 Å². The summed E-state index contributed by atoms with van der Waals surface area (Å²) >= 11 is 5.28. The Hall–Kier alpha value is -1.58. The zero-order valence-corrected chi connectivity index (χ0v) is 13.2. The quantitative estimate of drug-likeness (QED) is 0.632. The van der Waals surface area contributed by atoms with Crippen LogP contribution >= 0.6 is 27.3 Å². The van der Waals surface area contributed by atoms with Crippen LogP contribution in [0.2, 0.25) is 0 Å². The molecule has 1 N–H and O–H groups in total. The number of halogens is 1. The maximum Gasteiger partial charge on any atom is 0.0430 e. The van der Waals surface area contributed by atoms with Gasteiger partial charge in [0.1, 0.15) is 0 Å². The van der Waals surface area contributed by atoms with Gasteiger partial charge in [0.15, 0.2) is 0 Å². The maximum absolute atomic E-state index is 3.53. The number of benzene rings is 2. The molecule has 0 spiro atoms. The van der Waals surface area contributed by atoms with E-state index in [4.69, 9.17) is 0 Å². The molecule has 0 bridgehead atoms. The van der Waals surface area contributed by atoms with Crippen LogP contribution in [0.4, 0.5) is 5.69 Å². The third-order valence-electron chi connectivity index (χ3n) is 3.09. The Morgan fingerprint density at radius 1 is 0.950 bits per heavy atom. The second kappa shape index (κ2) is 6.25. The predicted octanol–water partition coefficient (Wildman–Crippen LogP) is 5.79. The van der Waals surface area contributed by atoms with Crippen molar-refractivity contribution < 1.29 is 0 Å². The van der Waals surface area contributed by atoms with Crippen molar-refractivity contribution in [3.63, 3.8) is 0 Å². The summed E-state index contributed by atoms with van der Waals surface area (Å²) < 4.78 is 1.11. The fourth-order valence-electron chi connectivity index (χ4n) is 2.13. The van der Waals surface area contributed by atoms with Crippen LogP contribution in [0.5, 0.6) is 0 Å². The van der Waals surface area contributed by atoms with Gasteiger partial charge in [0.25, 0.3) is 0 Å². The van der Waals surface area contributed by atoms with E-state index in [-0.39, 0.29) is 0 Å². The molecular weight excluding hydrogens is 330 g/mol. The van der Waals surface area contributed by atoms with Crippen molar-refractivity contribution in [3.8, 4) is 10.4 Å². The van der Waals surface area contributed by atoms with E-state index in [0.29, 0.717) is 0 Å². The lowest BCUT2D eigenvalue weighted by atomic mass is 10.1. The van der Waals surface area contributed by atoms with Gasteiger partial charge in [-0.2, -0.15) is 0 Å². The average molecular weight is 344 g/mol. The van der Waals surface area contributed by atoms with E-state index >= 15 is 0 Å². The van der Waals surface area contributed by atoms with Crippen molar-refractivity contribution in [1.82, 2.24) is 0 Å². The summed E-state index contributed by atoms with van der Waals surface area (Å²) in [4.78, 5) is 1.29. The van der Waals surface area contributed by atoms with Crippen LogP contribution in [0.3, 0.4) is 0 Å². The monoisotopic (exact) mass is 343 g/mol. The number of para-hydroxylation sites is 1. The van der Waals surface area contributed by atoms with Gasteiger partial charge in [-0.05, 0) is 35.2 Å². The Balaban J connectivity index is 1.81. The van der Waals surface area contributed by atoms with Crippen LogP contribution in [0.1, 0.15) is 5.56 Å². The molecule has 0 aliphatic carbocycles. The number of nitrogens with one attached hydrogen (secondary N) is 1. The summed E-state index contributed by atoms with van der Waals surface area (Å²) in [5.41, 5.74) is 3.70. The summed E-state index contributed by atoms with van der Waals surface area (Å²) in [7, 11) is 0. The van der Waals surface area contributed by atoms with Crippen LogP contribution in [0.25, 0.3) is 10.4 Å². The topological polar surface area (TPSA) is 12.0 Å². The van der Waals surface area contributed by atoms with Gasteiger partial charge in [0, 0.05) is 27.1 Å². The molecular formula is C17H14BrNS. The predicted molar refractivity (Wildman–Crippen MR) is 91.2 cm³/mol. The molecule has 20 heavy (non-hydrogen) atoms. The molecule has 0 saturated carbocycles. The maximum atomic E-state index is 3.53. The van der Waals surface area contributed by atoms with Gasteiger partial charge >= 0.3 is 0 Å². The molecule has 0 aliphatic heterocycles.